The minimum Gasteiger partial charge on any atom is -0.354 e. The fourth-order valence-corrected chi connectivity index (χ4v) is 2.50. The highest BCUT2D eigenvalue weighted by Gasteiger charge is 2.16. The largest absolute Gasteiger partial charge is 0.354 e. The molecule has 2 aromatic rings. The lowest BCUT2D eigenvalue weighted by Gasteiger charge is -2.21. The van der Waals surface area contributed by atoms with E-state index in [2.05, 4.69) is 5.32 Å². The Labute approximate surface area is 147 Å². The van der Waals surface area contributed by atoms with Gasteiger partial charge < -0.3 is 10.2 Å². The molecule has 0 atom stereocenters. The molecule has 0 radical (unpaired) electrons. The van der Waals surface area contributed by atoms with Gasteiger partial charge in [0, 0.05) is 24.2 Å². The normalized spacial score (nSPS) is 10.3. The van der Waals surface area contributed by atoms with Crippen LogP contribution in [0.25, 0.3) is 0 Å². The third-order valence-corrected chi connectivity index (χ3v) is 4.13. The average molecular weight is 345 g/mol. The van der Waals surface area contributed by atoms with Crippen molar-refractivity contribution in [3.8, 4) is 0 Å². The maximum atomic E-state index is 12.1. The van der Waals surface area contributed by atoms with Crippen molar-refractivity contribution >= 4 is 29.1 Å². The average Bonchev–Trinajstić information content (AvgIpc) is 2.56. The van der Waals surface area contributed by atoms with E-state index < -0.39 is 0 Å². The SMILES string of the molecule is CC(=O)N(CC(=O)NCCc1ccccc1)c1ccc(C)c(Cl)c1. The van der Waals surface area contributed by atoms with Crippen molar-refractivity contribution in [2.75, 3.05) is 18.0 Å². The van der Waals surface area contributed by atoms with Crippen LogP contribution < -0.4 is 10.2 Å². The Morgan fingerprint density at radius 2 is 1.83 bits per heavy atom. The summed E-state index contributed by atoms with van der Waals surface area (Å²) in [6.45, 7) is 3.83. The highest BCUT2D eigenvalue weighted by atomic mass is 35.5. The van der Waals surface area contributed by atoms with Crippen molar-refractivity contribution in [2.24, 2.45) is 0 Å². The van der Waals surface area contributed by atoms with Crippen LogP contribution >= 0.6 is 11.6 Å². The van der Waals surface area contributed by atoms with Gasteiger partial charge in [-0.25, -0.2) is 0 Å². The van der Waals surface area contributed by atoms with Gasteiger partial charge in [-0.15, -0.1) is 0 Å². The zero-order chi connectivity index (χ0) is 17.5. The van der Waals surface area contributed by atoms with E-state index in [0.29, 0.717) is 17.3 Å². The van der Waals surface area contributed by atoms with Gasteiger partial charge in [0.2, 0.25) is 11.8 Å². The maximum Gasteiger partial charge on any atom is 0.240 e. The van der Waals surface area contributed by atoms with Gasteiger partial charge in [-0.3, -0.25) is 9.59 Å². The van der Waals surface area contributed by atoms with E-state index in [1.54, 1.807) is 12.1 Å². The first-order valence-corrected chi connectivity index (χ1v) is 8.20. The van der Waals surface area contributed by atoms with E-state index >= 15 is 0 Å². The Balaban J connectivity index is 1.93. The van der Waals surface area contributed by atoms with Gasteiger partial charge >= 0.3 is 0 Å². The quantitative estimate of drug-likeness (QED) is 0.873. The summed E-state index contributed by atoms with van der Waals surface area (Å²) in [5, 5.41) is 3.42. The lowest BCUT2D eigenvalue weighted by molar-refractivity contribution is -0.123. The summed E-state index contributed by atoms with van der Waals surface area (Å²) < 4.78 is 0. The topological polar surface area (TPSA) is 49.4 Å². The summed E-state index contributed by atoms with van der Waals surface area (Å²) in [6, 6.07) is 15.3. The van der Waals surface area contributed by atoms with E-state index in [9.17, 15) is 9.59 Å². The van der Waals surface area contributed by atoms with Crippen LogP contribution in [-0.2, 0) is 16.0 Å². The summed E-state index contributed by atoms with van der Waals surface area (Å²) in [5.74, 6) is -0.397. The molecule has 126 valence electrons. The number of benzene rings is 2. The third kappa shape index (κ3) is 5.10. The van der Waals surface area contributed by atoms with Crippen LogP contribution in [0.3, 0.4) is 0 Å². The molecule has 2 aromatic carbocycles. The van der Waals surface area contributed by atoms with E-state index in [4.69, 9.17) is 11.6 Å². The van der Waals surface area contributed by atoms with E-state index in [1.807, 2.05) is 43.3 Å². The van der Waals surface area contributed by atoms with Crippen LogP contribution in [0, 0.1) is 6.92 Å². The van der Waals surface area contributed by atoms with Gasteiger partial charge in [0.1, 0.15) is 6.54 Å². The molecule has 0 aliphatic heterocycles. The van der Waals surface area contributed by atoms with Crippen molar-refractivity contribution in [2.45, 2.75) is 20.3 Å². The summed E-state index contributed by atoms with van der Waals surface area (Å²) in [5.41, 5.74) is 2.71. The molecule has 0 aromatic heterocycles. The lowest BCUT2D eigenvalue weighted by atomic mass is 10.1. The highest BCUT2D eigenvalue weighted by Crippen LogP contribution is 2.23. The van der Waals surface area contributed by atoms with Crippen molar-refractivity contribution in [3.05, 3.63) is 64.7 Å². The van der Waals surface area contributed by atoms with Gasteiger partial charge in [0.15, 0.2) is 0 Å². The van der Waals surface area contributed by atoms with Crippen molar-refractivity contribution in [1.82, 2.24) is 5.32 Å². The van der Waals surface area contributed by atoms with Crippen LogP contribution in [0.5, 0.6) is 0 Å². The lowest BCUT2D eigenvalue weighted by Crippen LogP contribution is -2.40. The number of anilines is 1. The first kappa shape index (κ1) is 18.0. The molecular weight excluding hydrogens is 324 g/mol. The van der Waals surface area contributed by atoms with Crippen LogP contribution in [0.4, 0.5) is 5.69 Å². The number of hydrogen-bond acceptors (Lipinski definition) is 2. The molecule has 0 saturated carbocycles. The number of carbonyl (C=O) groups excluding carboxylic acids is 2. The Morgan fingerprint density at radius 1 is 1.12 bits per heavy atom. The highest BCUT2D eigenvalue weighted by molar-refractivity contribution is 6.31. The zero-order valence-corrected chi connectivity index (χ0v) is 14.6. The maximum absolute atomic E-state index is 12.1. The molecule has 0 fully saturated rings. The van der Waals surface area contributed by atoms with Crippen molar-refractivity contribution in [3.63, 3.8) is 0 Å². The van der Waals surface area contributed by atoms with Gasteiger partial charge in [-0.05, 0) is 36.6 Å². The molecular formula is C19H21ClN2O2. The second kappa shape index (κ2) is 8.50. The molecule has 24 heavy (non-hydrogen) atoms. The smallest absolute Gasteiger partial charge is 0.240 e. The predicted octanol–water partition coefficient (Wildman–Crippen LogP) is 3.36. The minimum absolute atomic E-state index is 0.0243. The van der Waals surface area contributed by atoms with E-state index in [-0.39, 0.29) is 18.4 Å². The second-order valence-electron chi connectivity index (χ2n) is 5.62. The Hall–Kier alpha value is -2.33. The van der Waals surface area contributed by atoms with Gasteiger partial charge in [0.25, 0.3) is 0 Å². The number of hydrogen-bond donors (Lipinski definition) is 1. The number of carbonyl (C=O) groups is 2. The van der Waals surface area contributed by atoms with Crippen molar-refractivity contribution in [1.29, 1.82) is 0 Å². The number of nitrogens with zero attached hydrogens (tertiary/aromatic N) is 1. The molecule has 5 heteroatoms. The summed E-state index contributed by atoms with van der Waals surface area (Å²) in [7, 11) is 0. The molecule has 0 bridgehead atoms. The standard InChI is InChI=1S/C19H21ClN2O2/c1-14-8-9-17(12-18(14)20)22(15(2)23)13-19(24)21-11-10-16-6-4-3-5-7-16/h3-9,12H,10-11,13H2,1-2H3,(H,21,24). The van der Waals surface area contributed by atoms with Gasteiger partial charge in [-0.2, -0.15) is 0 Å². The minimum atomic E-state index is -0.201. The molecule has 0 saturated heterocycles. The Kier molecular flexibility index (Phi) is 6.38. The molecule has 0 heterocycles. The second-order valence-corrected chi connectivity index (χ2v) is 6.03. The van der Waals surface area contributed by atoms with Crippen molar-refractivity contribution < 1.29 is 9.59 Å². The molecule has 4 nitrogen and oxygen atoms in total. The van der Waals surface area contributed by atoms with Crippen LogP contribution in [-0.4, -0.2) is 24.9 Å². The number of halogens is 1. The van der Waals surface area contributed by atoms with Crippen LogP contribution in [0.15, 0.2) is 48.5 Å². The van der Waals surface area contributed by atoms with Crippen LogP contribution in [0.2, 0.25) is 5.02 Å². The zero-order valence-electron chi connectivity index (χ0n) is 13.9. The molecule has 1 N–H and O–H groups in total. The van der Waals surface area contributed by atoms with Gasteiger partial charge in [0.05, 0.1) is 0 Å². The fourth-order valence-electron chi connectivity index (χ4n) is 2.32. The number of rotatable bonds is 6. The number of amides is 2. The Bertz CT molecular complexity index is 717. The molecule has 2 rings (SSSR count). The molecule has 2 amide bonds. The fraction of sp³-hybridized carbons (Fsp3) is 0.263. The van der Waals surface area contributed by atoms with E-state index in [1.165, 1.54) is 11.8 Å². The molecule has 0 unspecified atom stereocenters. The third-order valence-electron chi connectivity index (χ3n) is 3.73. The summed E-state index contributed by atoms with van der Waals surface area (Å²) >= 11 is 6.11. The summed E-state index contributed by atoms with van der Waals surface area (Å²) in [4.78, 5) is 25.4. The summed E-state index contributed by atoms with van der Waals surface area (Å²) in [6.07, 6.45) is 0.753. The Morgan fingerprint density at radius 3 is 2.46 bits per heavy atom. The van der Waals surface area contributed by atoms with Crippen LogP contribution in [0.1, 0.15) is 18.1 Å². The number of aryl methyl sites for hydroxylation is 1. The molecule has 0 aliphatic rings. The first-order chi connectivity index (χ1) is 11.5. The van der Waals surface area contributed by atoms with Gasteiger partial charge in [-0.1, -0.05) is 48.0 Å². The molecule has 0 spiro atoms. The number of nitrogens with one attached hydrogen (secondary N) is 1. The predicted molar refractivity (Wildman–Crippen MR) is 97.4 cm³/mol. The molecule has 0 aliphatic carbocycles. The van der Waals surface area contributed by atoms with E-state index in [0.717, 1.165) is 17.5 Å². The monoisotopic (exact) mass is 344 g/mol. The first-order valence-electron chi connectivity index (χ1n) is 7.82.